The first-order valence-electron chi connectivity index (χ1n) is 5.85. The SMILES string of the molecule is Cc1ccc(C(C)Nc2cc(C(N)=O)c(N)cn2)s1. The Bertz CT molecular complexity index is 608. The molecule has 0 aromatic carbocycles. The molecule has 5 N–H and O–H groups in total. The number of nitrogens with two attached hydrogens (primary N) is 2. The van der Waals surface area contributed by atoms with Crippen LogP contribution in [-0.2, 0) is 0 Å². The van der Waals surface area contributed by atoms with E-state index in [0.29, 0.717) is 5.82 Å². The molecular weight excluding hydrogens is 260 g/mol. The van der Waals surface area contributed by atoms with Crippen LogP contribution in [0.25, 0.3) is 0 Å². The van der Waals surface area contributed by atoms with Gasteiger partial charge in [-0.3, -0.25) is 4.79 Å². The summed E-state index contributed by atoms with van der Waals surface area (Å²) in [5.74, 6) is 0.0316. The van der Waals surface area contributed by atoms with Crippen molar-refractivity contribution >= 4 is 28.7 Å². The number of pyridine rings is 1. The number of rotatable bonds is 4. The Morgan fingerprint density at radius 2 is 2.21 bits per heavy atom. The summed E-state index contributed by atoms with van der Waals surface area (Å²) in [6.45, 7) is 4.10. The van der Waals surface area contributed by atoms with E-state index in [1.54, 1.807) is 17.4 Å². The molecule has 0 spiro atoms. The fraction of sp³-hybridized carbons (Fsp3) is 0.231. The molecule has 0 aliphatic heterocycles. The highest BCUT2D eigenvalue weighted by Gasteiger charge is 2.11. The first kappa shape index (κ1) is 13.4. The van der Waals surface area contributed by atoms with Gasteiger partial charge in [-0.25, -0.2) is 4.98 Å². The molecule has 2 aromatic rings. The molecule has 1 atom stereocenters. The molecule has 0 aliphatic carbocycles. The van der Waals surface area contributed by atoms with Gasteiger partial charge in [-0.1, -0.05) is 0 Å². The minimum absolute atomic E-state index is 0.107. The van der Waals surface area contributed by atoms with E-state index in [-0.39, 0.29) is 17.3 Å². The number of primary amides is 1. The van der Waals surface area contributed by atoms with E-state index in [1.165, 1.54) is 16.0 Å². The lowest BCUT2D eigenvalue weighted by Crippen LogP contribution is -2.15. The third-order valence-corrected chi connectivity index (χ3v) is 3.94. The minimum atomic E-state index is -0.553. The Kier molecular flexibility index (Phi) is 3.71. The van der Waals surface area contributed by atoms with Gasteiger partial charge in [-0.15, -0.1) is 11.3 Å². The smallest absolute Gasteiger partial charge is 0.250 e. The second-order valence-electron chi connectivity index (χ2n) is 4.34. The molecule has 5 nitrogen and oxygen atoms in total. The molecule has 0 aliphatic rings. The van der Waals surface area contributed by atoms with Gasteiger partial charge in [0.05, 0.1) is 23.5 Å². The third-order valence-electron chi connectivity index (χ3n) is 2.75. The molecule has 6 heteroatoms. The van der Waals surface area contributed by atoms with E-state index < -0.39 is 5.91 Å². The lowest BCUT2D eigenvalue weighted by Gasteiger charge is -2.13. The summed E-state index contributed by atoms with van der Waals surface area (Å²) in [6, 6.07) is 5.83. The molecular formula is C13H16N4OS. The predicted molar refractivity (Wildman–Crippen MR) is 78.3 cm³/mol. The number of nitrogens with zero attached hydrogens (tertiary/aromatic N) is 1. The van der Waals surface area contributed by atoms with Crippen LogP contribution < -0.4 is 16.8 Å². The van der Waals surface area contributed by atoms with Gasteiger partial charge in [-0.2, -0.15) is 0 Å². The number of anilines is 2. The Morgan fingerprint density at radius 3 is 2.79 bits per heavy atom. The van der Waals surface area contributed by atoms with Crippen molar-refractivity contribution in [2.24, 2.45) is 5.73 Å². The van der Waals surface area contributed by atoms with Crippen LogP contribution >= 0.6 is 11.3 Å². The molecule has 0 bridgehead atoms. The molecule has 2 rings (SSSR count). The zero-order chi connectivity index (χ0) is 14.0. The quantitative estimate of drug-likeness (QED) is 0.798. The highest BCUT2D eigenvalue weighted by Crippen LogP contribution is 2.25. The van der Waals surface area contributed by atoms with Crippen molar-refractivity contribution in [1.29, 1.82) is 0 Å². The van der Waals surface area contributed by atoms with Crippen LogP contribution in [0.5, 0.6) is 0 Å². The number of nitrogen functional groups attached to an aromatic ring is 1. The molecule has 2 heterocycles. The van der Waals surface area contributed by atoms with Crippen molar-refractivity contribution in [2.75, 3.05) is 11.1 Å². The highest BCUT2D eigenvalue weighted by molar-refractivity contribution is 7.12. The molecule has 0 fully saturated rings. The second kappa shape index (κ2) is 5.27. The molecule has 19 heavy (non-hydrogen) atoms. The van der Waals surface area contributed by atoms with Crippen LogP contribution in [0.15, 0.2) is 24.4 Å². The van der Waals surface area contributed by atoms with Crippen LogP contribution in [-0.4, -0.2) is 10.9 Å². The summed E-state index contributed by atoms with van der Waals surface area (Å²) < 4.78 is 0. The largest absolute Gasteiger partial charge is 0.397 e. The summed E-state index contributed by atoms with van der Waals surface area (Å²) >= 11 is 1.72. The number of hydrogen-bond donors (Lipinski definition) is 3. The average Bonchev–Trinajstić information content (AvgIpc) is 2.78. The topological polar surface area (TPSA) is 94.0 Å². The van der Waals surface area contributed by atoms with Gasteiger partial charge in [0.2, 0.25) is 0 Å². The normalized spacial score (nSPS) is 12.1. The van der Waals surface area contributed by atoms with Crippen LogP contribution in [0.2, 0.25) is 0 Å². The monoisotopic (exact) mass is 276 g/mol. The standard InChI is InChI=1S/C13H16N4OS/c1-7-3-4-11(19-7)8(2)17-12-5-9(13(15)18)10(14)6-16-12/h3-6,8H,14H2,1-2H3,(H2,15,18)(H,16,17). The Hall–Kier alpha value is -2.08. The van der Waals surface area contributed by atoms with Crippen molar-refractivity contribution in [1.82, 2.24) is 4.98 Å². The van der Waals surface area contributed by atoms with Crippen molar-refractivity contribution < 1.29 is 4.79 Å². The second-order valence-corrected chi connectivity index (χ2v) is 5.65. The van der Waals surface area contributed by atoms with Gasteiger partial charge in [0, 0.05) is 9.75 Å². The Morgan fingerprint density at radius 1 is 1.47 bits per heavy atom. The molecule has 2 aromatic heterocycles. The van der Waals surface area contributed by atoms with Crippen LogP contribution in [0, 0.1) is 6.92 Å². The Balaban J connectivity index is 2.19. The number of aromatic nitrogens is 1. The fourth-order valence-electron chi connectivity index (χ4n) is 1.74. The van der Waals surface area contributed by atoms with E-state index in [1.807, 2.05) is 6.92 Å². The zero-order valence-corrected chi connectivity index (χ0v) is 11.6. The fourth-order valence-corrected chi connectivity index (χ4v) is 2.62. The summed E-state index contributed by atoms with van der Waals surface area (Å²) in [4.78, 5) is 17.8. The van der Waals surface area contributed by atoms with E-state index in [4.69, 9.17) is 11.5 Å². The van der Waals surface area contributed by atoms with Crippen molar-refractivity contribution in [2.45, 2.75) is 19.9 Å². The average molecular weight is 276 g/mol. The third kappa shape index (κ3) is 3.03. The number of aryl methyl sites for hydroxylation is 1. The molecule has 1 unspecified atom stereocenters. The van der Waals surface area contributed by atoms with E-state index in [9.17, 15) is 4.79 Å². The van der Waals surface area contributed by atoms with E-state index >= 15 is 0 Å². The lowest BCUT2D eigenvalue weighted by molar-refractivity contribution is 0.100. The number of carbonyl (C=O) groups is 1. The van der Waals surface area contributed by atoms with Gasteiger partial charge < -0.3 is 16.8 Å². The summed E-state index contributed by atoms with van der Waals surface area (Å²) in [5, 5.41) is 3.23. The number of hydrogen-bond acceptors (Lipinski definition) is 5. The van der Waals surface area contributed by atoms with Gasteiger partial charge in [0.1, 0.15) is 5.82 Å². The Labute approximate surface area is 115 Å². The maximum Gasteiger partial charge on any atom is 0.250 e. The van der Waals surface area contributed by atoms with Gasteiger partial charge in [0.15, 0.2) is 0 Å². The molecule has 100 valence electrons. The summed E-state index contributed by atoms with van der Waals surface area (Å²) in [7, 11) is 0. The highest BCUT2D eigenvalue weighted by atomic mass is 32.1. The van der Waals surface area contributed by atoms with Crippen molar-refractivity contribution in [3.63, 3.8) is 0 Å². The first-order valence-corrected chi connectivity index (χ1v) is 6.67. The molecule has 0 saturated heterocycles. The van der Waals surface area contributed by atoms with Crippen LogP contribution in [0.1, 0.15) is 33.1 Å². The predicted octanol–water partition coefficient (Wildman–Crippen LogP) is 2.31. The van der Waals surface area contributed by atoms with Gasteiger partial charge in [0.25, 0.3) is 5.91 Å². The maximum atomic E-state index is 11.2. The molecule has 0 saturated carbocycles. The number of thiophene rings is 1. The van der Waals surface area contributed by atoms with E-state index in [2.05, 4.69) is 29.4 Å². The van der Waals surface area contributed by atoms with E-state index in [0.717, 1.165) is 0 Å². The van der Waals surface area contributed by atoms with Crippen LogP contribution in [0.4, 0.5) is 11.5 Å². The van der Waals surface area contributed by atoms with Crippen LogP contribution in [0.3, 0.4) is 0 Å². The first-order chi connectivity index (χ1) is 8.97. The van der Waals surface area contributed by atoms with Crippen molar-refractivity contribution in [3.05, 3.63) is 39.7 Å². The lowest BCUT2D eigenvalue weighted by atomic mass is 10.2. The number of carbonyl (C=O) groups excluding carboxylic acids is 1. The molecule has 1 amide bonds. The maximum absolute atomic E-state index is 11.2. The zero-order valence-electron chi connectivity index (χ0n) is 10.8. The minimum Gasteiger partial charge on any atom is -0.397 e. The number of nitrogens with one attached hydrogen (secondary N) is 1. The summed E-state index contributed by atoms with van der Waals surface area (Å²) in [6.07, 6.45) is 1.44. The number of amides is 1. The van der Waals surface area contributed by atoms with Crippen molar-refractivity contribution in [3.8, 4) is 0 Å². The molecule has 0 radical (unpaired) electrons. The van der Waals surface area contributed by atoms with Gasteiger partial charge in [-0.05, 0) is 32.0 Å². The summed E-state index contributed by atoms with van der Waals surface area (Å²) in [5.41, 5.74) is 11.5. The van der Waals surface area contributed by atoms with Gasteiger partial charge >= 0.3 is 0 Å².